The lowest BCUT2D eigenvalue weighted by atomic mass is 10.1. The normalized spacial score (nSPS) is 11.4. The predicted octanol–water partition coefficient (Wildman–Crippen LogP) is 4.10. The van der Waals surface area contributed by atoms with Crippen LogP contribution in [0.1, 0.15) is 23.2 Å². The van der Waals surface area contributed by atoms with Gasteiger partial charge in [0.15, 0.2) is 15.6 Å². The Bertz CT molecular complexity index is 1200. The summed E-state index contributed by atoms with van der Waals surface area (Å²) in [6.07, 6.45) is -0.152. The van der Waals surface area contributed by atoms with Crippen molar-refractivity contribution in [2.45, 2.75) is 32.1 Å². The summed E-state index contributed by atoms with van der Waals surface area (Å²) < 4.78 is 36.8. The highest BCUT2D eigenvalue weighted by Crippen LogP contribution is 2.33. The molecule has 1 heterocycles. The number of nitrogens with zero attached hydrogens (tertiary/aromatic N) is 2. The molecule has 3 rings (SSSR count). The second kappa shape index (κ2) is 8.93. The largest absolute Gasteiger partial charge is 0.495 e. The smallest absolute Gasteiger partial charge is 0.227 e. The molecule has 0 aliphatic carbocycles. The number of amides is 1. The summed E-state index contributed by atoms with van der Waals surface area (Å²) in [7, 11) is -0.746. The van der Waals surface area contributed by atoms with E-state index in [4.69, 9.17) is 9.26 Å². The standard InChI is InChI=1S/C23H26N2O5S/c1-15-6-9-19(10-7-15)25(4)22(26)12-13-31(27,28)21-14-18(8-11-20(21)29-5)23-16(2)17(3)24-30-23/h6-11,14H,12-13H2,1-5H3. The molecular weight excluding hydrogens is 416 g/mol. The van der Waals surface area contributed by atoms with Gasteiger partial charge in [0, 0.05) is 30.3 Å². The van der Waals surface area contributed by atoms with Crippen LogP contribution in [-0.4, -0.2) is 39.4 Å². The quantitative estimate of drug-likeness (QED) is 0.547. The number of hydrogen-bond acceptors (Lipinski definition) is 6. The number of aromatic nitrogens is 1. The maximum absolute atomic E-state index is 13.1. The fraction of sp³-hybridized carbons (Fsp3) is 0.304. The Balaban J connectivity index is 1.83. The summed E-state index contributed by atoms with van der Waals surface area (Å²) in [4.78, 5) is 14.1. The number of ether oxygens (including phenoxy) is 1. The Morgan fingerprint density at radius 1 is 1.10 bits per heavy atom. The van der Waals surface area contributed by atoms with Crippen LogP contribution < -0.4 is 9.64 Å². The maximum atomic E-state index is 13.1. The summed E-state index contributed by atoms with van der Waals surface area (Å²) >= 11 is 0. The highest BCUT2D eigenvalue weighted by atomic mass is 32.2. The summed E-state index contributed by atoms with van der Waals surface area (Å²) in [5, 5.41) is 3.93. The second-order valence-corrected chi connectivity index (χ2v) is 9.52. The molecule has 1 amide bonds. The lowest BCUT2D eigenvalue weighted by Gasteiger charge is -2.18. The number of benzene rings is 2. The van der Waals surface area contributed by atoms with Gasteiger partial charge in [0.2, 0.25) is 5.91 Å². The third kappa shape index (κ3) is 4.80. The molecule has 1 aromatic heterocycles. The number of carbonyl (C=O) groups is 1. The van der Waals surface area contributed by atoms with Gasteiger partial charge >= 0.3 is 0 Å². The Morgan fingerprint density at radius 3 is 2.35 bits per heavy atom. The first-order valence-electron chi connectivity index (χ1n) is 9.81. The van der Waals surface area contributed by atoms with Crippen molar-refractivity contribution < 1.29 is 22.5 Å². The minimum absolute atomic E-state index is 0.0201. The van der Waals surface area contributed by atoms with E-state index in [0.717, 1.165) is 16.8 Å². The van der Waals surface area contributed by atoms with Gasteiger partial charge in [0.05, 0.1) is 18.6 Å². The Labute approximate surface area is 182 Å². The fourth-order valence-corrected chi connectivity index (χ4v) is 4.58. The van der Waals surface area contributed by atoms with Crippen LogP contribution in [0.4, 0.5) is 5.69 Å². The SMILES string of the molecule is COc1ccc(-c2onc(C)c2C)cc1S(=O)(=O)CCC(=O)N(C)c1ccc(C)cc1. The maximum Gasteiger partial charge on any atom is 0.227 e. The van der Waals surface area contributed by atoms with Gasteiger partial charge in [-0.2, -0.15) is 0 Å². The van der Waals surface area contributed by atoms with Crippen LogP contribution >= 0.6 is 0 Å². The van der Waals surface area contributed by atoms with Crippen molar-refractivity contribution in [2.24, 2.45) is 0 Å². The van der Waals surface area contributed by atoms with Crippen molar-refractivity contribution in [1.29, 1.82) is 0 Å². The zero-order valence-corrected chi connectivity index (χ0v) is 19.1. The van der Waals surface area contributed by atoms with Gasteiger partial charge < -0.3 is 14.2 Å². The molecule has 2 aromatic carbocycles. The first-order chi connectivity index (χ1) is 14.6. The van der Waals surface area contributed by atoms with Crippen LogP contribution in [0.15, 0.2) is 51.9 Å². The summed E-state index contributed by atoms with van der Waals surface area (Å²) in [6, 6.07) is 12.3. The number of hydrogen-bond donors (Lipinski definition) is 0. The average molecular weight is 443 g/mol. The van der Waals surface area contributed by atoms with Crippen LogP contribution in [0.2, 0.25) is 0 Å². The first-order valence-corrected chi connectivity index (χ1v) is 11.5. The summed E-state index contributed by atoms with van der Waals surface area (Å²) in [5.41, 5.74) is 3.95. The lowest BCUT2D eigenvalue weighted by Crippen LogP contribution is -2.28. The van der Waals surface area contributed by atoms with Crippen LogP contribution in [0.5, 0.6) is 5.75 Å². The first kappa shape index (κ1) is 22.6. The van der Waals surface area contributed by atoms with Crippen molar-refractivity contribution in [3.05, 3.63) is 59.3 Å². The molecule has 164 valence electrons. The predicted molar refractivity (Wildman–Crippen MR) is 119 cm³/mol. The molecule has 0 atom stereocenters. The average Bonchev–Trinajstić information content (AvgIpc) is 3.10. The zero-order valence-electron chi connectivity index (χ0n) is 18.3. The number of anilines is 1. The number of carbonyl (C=O) groups excluding carboxylic acids is 1. The molecule has 3 aromatic rings. The van der Waals surface area contributed by atoms with Crippen molar-refractivity contribution in [2.75, 3.05) is 24.8 Å². The molecule has 0 saturated heterocycles. The van der Waals surface area contributed by atoms with Gasteiger partial charge in [-0.15, -0.1) is 0 Å². The minimum Gasteiger partial charge on any atom is -0.495 e. The van der Waals surface area contributed by atoms with Crippen molar-refractivity contribution in [3.63, 3.8) is 0 Å². The molecule has 0 N–H and O–H groups in total. The van der Waals surface area contributed by atoms with Crippen LogP contribution in [0.3, 0.4) is 0 Å². The summed E-state index contributed by atoms with van der Waals surface area (Å²) in [5.74, 6) is 0.101. The van der Waals surface area contributed by atoms with E-state index in [1.165, 1.54) is 18.1 Å². The van der Waals surface area contributed by atoms with E-state index in [1.54, 1.807) is 19.2 Å². The molecule has 31 heavy (non-hydrogen) atoms. The van der Waals surface area contributed by atoms with E-state index >= 15 is 0 Å². The van der Waals surface area contributed by atoms with Crippen molar-refractivity contribution in [3.8, 4) is 17.1 Å². The van der Waals surface area contributed by atoms with Crippen molar-refractivity contribution in [1.82, 2.24) is 5.16 Å². The zero-order chi connectivity index (χ0) is 22.8. The highest BCUT2D eigenvalue weighted by molar-refractivity contribution is 7.91. The Hall–Kier alpha value is -3.13. The number of sulfone groups is 1. The van der Waals surface area contributed by atoms with Gasteiger partial charge in [-0.3, -0.25) is 4.79 Å². The van der Waals surface area contributed by atoms with E-state index in [2.05, 4.69) is 5.16 Å². The van der Waals surface area contributed by atoms with Gasteiger partial charge in [-0.25, -0.2) is 8.42 Å². The van der Waals surface area contributed by atoms with E-state index in [1.807, 2.05) is 45.0 Å². The van der Waals surface area contributed by atoms with Crippen molar-refractivity contribution >= 4 is 21.4 Å². The van der Waals surface area contributed by atoms with Gasteiger partial charge in [-0.1, -0.05) is 22.9 Å². The molecule has 0 unspecified atom stereocenters. The second-order valence-electron chi connectivity index (χ2n) is 7.44. The van der Waals surface area contributed by atoms with Crippen LogP contribution in [0, 0.1) is 20.8 Å². The number of methoxy groups -OCH3 is 1. The molecule has 7 nitrogen and oxygen atoms in total. The van der Waals surface area contributed by atoms with Crippen LogP contribution in [-0.2, 0) is 14.6 Å². The molecule has 0 aliphatic heterocycles. The van der Waals surface area contributed by atoms with E-state index in [0.29, 0.717) is 17.0 Å². The van der Waals surface area contributed by atoms with Gasteiger partial charge in [0.1, 0.15) is 10.6 Å². The molecular formula is C23H26N2O5S. The fourth-order valence-electron chi connectivity index (χ4n) is 3.16. The molecule has 0 fully saturated rings. The van der Waals surface area contributed by atoms with E-state index in [9.17, 15) is 13.2 Å². The van der Waals surface area contributed by atoms with E-state index < -0.39 is 9.84 Å². The molecule has 0 bridgehead atoms. The highest BCUT2D eigenvalue weighted by Gasteiger charge is 2.24. The Kier molecular flexibility index (Phi) is 6.50. The third-order valence-corrected chi connectivity index (χ3v) is 7.03. The third-order valence-electron chi connectivity index (χ3n) is 5.30. The Morgan fingerprint density at radius 2 is 1.77 bits per heavy atom. The minimum atomic E-state index is -3.79. The van der Waals surface area contributed by atoms with Gasteiger partial charge in [-0.05, 0) is 51.1 Å². The molecule has 0 spiro atoms. The monoisotopic (exact) mass is 442 g/mol. The van der Waals surface area contributed by atoms with Crippen LogP contribution in [0.25, 0.3) is 11.3 Å². The molecule has 0 saturated carbocycles. The van der Waals surface area contributed by atoms with E-state index in [-0.39, 0.29) is 28.7 Å². The number of aryl methyl sites for hydroxylation is 2. The summed E-state index contributed by atoms with van der Waals surface area (Å²) in [6.45, 7) is 5.64. The molecule has 0 radical (unpaired) electrons. The van der Waals surface area contributed by atoms with Gasteiger partial charge in [0.25, 0.3) is 0 Å². The topological polar surface area (TPSA) is 89.7 Å². The molecule has 0 aliphatic rings. The number of rotatable bonds is 7. The lowest BCUT2D eigenvalue weighted by molar-refractivity contribution is -0.117. The molecule has 8 heteroatoms.